The number of ether oxygens (including phenoxy) is 1. The fourth-order valence-corrected chi connectivity index (χ4v) is 2.07. The minimum Gasteiger partial charge on any atom is -0.484 e. The van der Waals surface area contributed by atoms with Crippen LogP contribution < -0.4 is 10.1 Å². The maximum absolute atomic E-state index is 11.0. The number of hydrogen-bond acceptors (Lipinski definition) is 4. The molecule has 0 saturated heterocycles. The third-order valence-electron chi connectivity index (χ3n) is 2.90. The quantitative estimate of drug-likeness (QED) is 0.501. The van der Waals surface area contributed by atoms with E-state index in [0.717, 1.165) is 18.5 Å². The van der Waals surface area contributed by atoms with Crippen LogP contribution in [-0.4, -0.2) is 17.1 Å². The molecule has 102 valence electrons. The highest BCUT2D eigenvalue weighted by Gasteiger charge is 2.18. The summed E-state index contributed by atoms with van der Waals surface area (Å²) in [5, 5.41) is 14.3. The van der Waals surface area contributed by atoms with Gasteiger partial charge in [-0.25, -0.2) is 0 Å². The van der Waals surface area contributed by atoms with Crippen LogP contribution in [-0.2, 0) is 0 Å². The molecular formula is C14H18N2O3. The van der Waals surface area contributed by atoms with Gasteiger partial charge in [-0.05, 0) is 32.8 Å². The summed E-state index contributed by atoms with van der Waals surface area (Å²) in [5.41, 5.74) is 0.860. The SMILES string of the molecule is CC(C)Oc1cc(NC2CC=CC2)ccc1[N+](=O)[O-]. The van der Waals surface area contributed by atoms with Crippen molar-refractivity contribution in [1.29, 1.82) is 0 Å². The number of hydrogen-bond donors (Lipinski definition) is 1. The van der Waals surface area contributed by atoms with Crippen LogP contribution in [0.25, 0.3) is 0 Å². The first kappa shape index (κ1) is 13.4. The third kappa shape index (κ3) is 3.47. The van der Waals surface area contributed by atoms with Crippen LogP contribution in [0.15, 0.2) is 30.4 Å². The number of benzene rings is 1. The van der Waals surface area contributed by atoms with Crippen LogP contribution in [0, 0.1) is 10.1 Å². The fourth-order valence-electron chi connectivity index (χ4n) is 2.07. The molecule has 0 fully saturated rings. The lowest BCUT2D eigenvalue weighted by atomic mass is 10.2. The van der Waals surface area contributed by atoms with Gasteiger partial charge >= 0.3 is 5.69 Å². The van der Waals surface area contributed by atoms with Gasteiger partial charge in [0.05, 0.1) is 11.0 Å². The summed E-state index contributed by atoms with van der Waals surface area (Å²) >= 11 is 0. The zero-order chi connectivity index (χ0) is 13.8. The molecule has 0 radical (unpaired) electrons. The standard InChI is InChI=1S/C14H18N2O3/c1-10(2)19-14-9-12(7-8-13(14)16(17)18)15-11-5-3-4-6-11/h3-4,7-11,15H,5-6H2,1-2H3. The van der Waals surface area contributed by atoms with Crippen molar-refractivity contribution < 1.29 is 9.66 Å². The van der Waals surface area contributed by atoms with Gasteiger partial charge in [0.25, 0.3) is 0 Å². The van der Waals surface area contributed by atoms with E-state index in [1.54, 1.807) is 12.1 Å². The van der Waals surface area contributed by atoms with Gasteiger partial charge in [-0.1, -0.05) is 12.2 Å². The smallest absolute Gasteiger partial charge is 0.311 e. The van der Waals surface area contributed by atoms with Gasteiger partial charge in [-0.15, -0.1) is 0 Å². The number of nitrogens with zero attached hydrogens (tertiary/aromatic N) is 1. The molecule has 0 heterocycles. The van der Waals surface area contributed by atoms with E-state index in [1.807, 2.05) is 13.8 Å². The van der Waals surface area contributed by atoms with E-state index in [2.05, 4.69) is 17.5 Å². The molecule has 0 unspecified atom stereocenters. The summed E-state index contributed by atoms with van der Waals surface area (Å²) in [5.74, 6) is 0.316. The number of rotatable bonds is 5. The average molecular weight is 262 g/mol. The molecule has 1 aliphatic carbocycles. The molecule has 0 aliphatic heterocycles. The van der Waals surface area contributed by atoms with E-state index in [9.17, 15) is 10.1 Å². The van der Waals surface area contributed by atoms with Gasteiger partial charge in [0, 0.05) is 23.9 Å². The minimum absolute atomic E-state index is 0.00352. The number of nitro groups is 1. The highest BCUT2D eigenvalue weighted by Crippen LogP contribution is 2.31. The van der Waals surface area contributed by atoms with Crippen molar-refractivity contribution in [1.82, 2.24) is 0 Å². The molecule has 1 aliphatic rings. The van der Waals surface area contributed by atoms with E-state index >= 15 is 0 Å². The second-order valence-electron chi connectivity index (χ2n) is 4.89. The normalized spacial score (nSPS) is 14.9. The Morgan fingerprint density at radius 1 is 1.37 bits per heavy atom. The molecule has 1 aromatic rings. The summed E-state index contributed by atoms with van der Waals surface area (Å²) in [4.78, 5) is 10.5. The molecule has 0 aromatic heterocycles. The van der Waals surface area contributed by atoms with Crippen molar-refractivity contribution in [2.24, 2.45) is 0 Å². The van der Waals surface area contributed by atoms with Crippen LogP contribution in [0.5, 0.6) is 5.75 Å². The Hall–Kier alpha value is -2.04. The second kappa shape index (κ2) is 5.73. The van der Waals surface area contributed by atoms with Crippen LogP contribution in [0.2, 0.25) is 0 Å². The van der Waals surface area contributed by atoms with Gasteiger partial charge in [0.1, 0.15) is 0 Å². The first-order valence-corrected chi connectivity index (χ1v) is 6.43. The maximum atomic E-state index is 11.0. The minimum atomic E-state index is -0.418. The highest BCUT2D eigenvalue weighted by atomic mass is 16.6. The Morgan fingerprint density at radius 2 is 2.05 bits per heavy atom. The molecule has 19 heavy (non-hydrogen) atoms. The van der Waals surface area contributed by atoms with Crippen LogP contribution >= 0.6 is 0 Å². The zero-order valence-electron chi connectivity index (χ0n) is 11.1. The van der Waals surface area contributed by atoms with E-state index in [4.69, 9.17) is 4.74 Å². The van der Waals surface area contributed by atoms with E-state index < -0.39 is 4.92 Å². The summed E-state index contributed by atoms with van der Waals surface area (Å²) < 4.78 is 5.51. The first-order valence-electron chi connectivity index (χ1n) is 6.43. The predicted octanol–water partition coefficient (Wildman–Crippen LogP) is 3.51. The summed E-state index contributed by atoms with van der Waals surface area (Å²) in [6.07, 6.45) is 6.14. The average Bonchev–Trinajstić information content (AvgIpc) is 2.80. The Labute approximate surface area is 112 Å². The summed E-state index contributed by atoms with van der Waals surface area (Å²) in [6.45, 7) is 3.70. The first-order chi connectivity index (χ1) is 9.06. The molecule has 5 heteroatoms. The predicted molar refractivity (Wildman–Crippen MR) is 74.6 cm³/mol. The maximum Gasteiger partial charge on any atom is 0.311 e. The molecule has 5 nitrogen and oxygen atoms in total. The fraction of sp³-hybridized carbons (Fsp3) is 0.429. The van der Waals surface area contributed by atoms with Crippen molar-refractivity contribution in [2.45, 2.75) is 38.8 Å². The van der Waals surface area contributed by atoms with Gasteiger partial charge in [-0.2, -0.15) is 0 Å². The molecule has 0 amide bonds. The van der Waals surface area contributed by atoms with Crippen LogP contribution in [0.1, 0.15) is 26.7 Å². The lowest BCUT2D eigenvalue weighted by molar-refractivity contribution is -0.386. The molecule has 2 rings (SSSR count). The van der Waals surface area contributed by atoms with Crippen molar-refractivity contribution in [2.75, 3.05) is 5.32 Å². The Kier molecular flexibility index (Phi) is 4.04. The van der Waals surface area contributed by atoms with Crippen molar-refractivity contribution in [3.63, 3.8) is 0 Å². The van der Waals surface area contributed by atoms with Crippen LogP contribution in [0.4, 0.5) is 11.4 Å². The largest absolute Gasteiger partial charge is 0.484 e. The molecule has 0 saturated carbocycles. The Bertz CT molecular complexity index is 489. The molecular weight excluding hydrogens is 244 g/mol. The number of nitrogens with one attached hydrogen (secondary N) is 1. The zero-order valence-corrected chi connectivity index (χ0v) is 11.1. The molecule has 1 N–H and O–H groups in total. The summed E-state index contributed by atoms with van der Waals surface area (Å²) in [7, 11) is 0. The van der Waals surface area contributed by atoms with Gasteiger partial charge in [0.15, 0.2) is 5.75 Å². The van der Waals surface area contributed by atoms with Crippen molar-refractivity contribution in [3.05, 3.63) is 40.5 Å². The van der Waals surface area contributed by atoms with E-state index in [0.29, 0.717) is 11.8 Å². The Morgan fingerprint density at radius 3 is 2.63 bits per heavy atom. The summed E-state index contributed by atoms with van der Waals surface area (Å²) in [6, 6.07) is 5.29. The van der Waals surface area contributed by atoms with E-state index in [1.165, 1.54) is 6.07 Å². The lowest BCUT2D eigenvalue weighted by Gasteiger charge is -2.16. The van der Waals surface area contributed by atoms with Crippen molar-refractivity contribution in [3.8, 4) is 5.75 Å². The molecule has 0 bridgehead atoms. The van der Waals surface area contributed by atoms with Gasteiger partial charge < -0.3 is 10.1 Å². The number of anilines is 1. The van der Waals surface area contributed by atoms with Gasteiger partial charge in [-0.3, -0.25) is 10.1 Å². The Balaban J connectivity index is 2.18. The topological polar surface area (TPSA) is 64.4 Å². The molecule has 0 atom stereocenters. The highest BCUT2D eigenvalue weighted by molar-refractivity contribution is 5.58. The molecule has 0 spiro atoms. The molecule has 1 aromatic carbocycles. The number of nitro benzene ring substituents is 1. The monoisotopic (exact) mass is 262 g/mol. The van der Waals surface area contributed by atoms with Crippen LogP contribution in [0.3, 0.4) is 0 Å². The third-order valence-corrected chi connectivity index (χ3v) is 2.90. The van der Waals surface area contributed by atoms with Gasteiger partial charge in [0.2, 0.25) is 0 Å². The van der Waals surface area contributed by atoms with Crippen molar-refractivity contribution >= 4 is 11.4 Å². The van der Waals surface area contributed by atoms with E-state index in [-0.39, 0.29) is 11.8 Å². The lowest BCUT2D eigenvalue weighted by Crippen LogP contribution is -2.15. The second-order valence-corrected chi connectivity index (χ2v) is 4.89.